The average molecular weight is 345 g/mol. The summed E-state index contributed by atoms with van der Waals surface area (Å²) < 4.78 is 16.6. The maximum absolute atomic E-state index is 5.60. The summed E-state index contributed by atoms with van der Waals surface area (Å²) in [5.41, 5.74) is 2.32. The van der Waals surface area contributed by atoms with Crippen LogP contribution in [-0.4, -0.2) is 48.3 Å². The van der Waals surface area contributed by atoms with Crippen LogP contribution in [0.2, 0.25) is 0 Å². The van der Waals surface area contributed by atoms with Crippen molar-refractivity contribution in [2.45, 2.75) is 38.6 Å². The minimum Gasteiger partial charge on any atom is -0.496 e. The molecule has 1 aromatic heterocycles. The van der Waals surface area contributed by atoms with Crippen molar-refractivity contribution in [2.75, 3.05) is 27.4 Å². The number of H-pyrrole nitrogens is 1. The van der Waals surface area contributed by atoms with E-state index in [2.05, 4.69) is 27.0 Å². The fourth-order valence-corrected chi connectivity index (χ4v) is 3.44. The quantitative estimate of drug-likeness (QED) is 0.797. The Balaban J connectivity index is 1.77. The molecular weight excluding hydrogens is 318 g/mol. The summed E-state index contributed by atoms with van der Waals surface area (Å²) in [5.74, 6) is 1.87. The van der Waals surface area contributed by atoms with Gasteiger partial charge in [-0.3, -0.25) is 4.90 Å². The highest BCUT2D eigenvalue weighted by Crippen LogP contribution is 2.33. The van der Waals surface area contributed by atoms with Gasteiger partial charge >= 0.3 is 0 Å². The van der Waals surface area contributed by atoms with Crippen LogP contribution < -0.4 is 4.74 Å². The van der Waals surface area contributed by atoms with Crippen LogP contribution in [-0.2, 0) is 22.6 Å². The summed E-state index contributed by atoms with van der Waals surface area (Å²) in [6.07, 6.45) is 4.87. The van der Waals surface area contributed by atoms with E-state index >= 15 is 0 Å². The first-order valence-corrected chi connectivity index (χ1v) is 8.74. The van der Waals surface area contributed by atoms with Gasteiger partial charge in [0.15, 0.2) is 0 Å². The molecule has 6 nitrogen and oxygen atoms in total. The second-order valence-corrected chi connectivity index (χ2v) is 6.30. The van der Waals surface area contributed by atoms with E-state index in [9.17, 15) is 0 Å². The van der Waals surface area contributed by atoms with E-state index in [0.717, 1.165) is 36.6 Å². The van der Waals surface area contributed by atoms with E-state index in [1.807, 2.05) is 19.2 Å². The van der Waals surface area contributed by atoms with Crippen molar-refractivity contribution in [3.8, 4) is 5.75 Å². The van der Waals surface area contributed by atoms with E-state index in [0.29, 0.717) is 13.2 Å². The lowest BCUT2D eigenvalue weighted by atomic mass is 10.1. The van der Waals surface area contributed by atoms with Crippen molar-refractivity contribution in [3.05, 3.63) is 47.5 Å². The molecular formula is C19H27N3O3. The smallest absolute Gasteiger partial charge is 0.124 e. The number of nitrogens with one attached hydrogen (secondary N) is 1. The van der Waals surface area contributed by atoms with Crippen LogP contribution in [0.15, 0.2) is 30.6 Å². The molecule has 0 amide bonds. The zero-order chi connectivity index (χ0) is 17.6. The average Bonchev–Trinajstić information content (AvgIpc) is 3.29. The van der Waals surface area contributed by atoms with Gasteiger partial charge in [0.25, 0.3) is 0 Å². The number of benzene rings is 1. The van der Waals surface area contributed by atoms with Gasteiger partial charge in [-0.1, -0.05) is 6.07 Å². The Morgan fingerprint density at radius 3 is 2.88 bits per heavy atom. The summed E-state index contributed by atoms with van der Waals surface area (Å²) in [7, 11) is 3.47. The predicted octanol–water partition coefficient (Wildman–Crippen LogP) is 2.92. The largest absolute Gasteiger partial charge is 0.496 e. The van der Waals surface area contributed by atoms with Crippen LogP contribution in [0.4, 0.5) is 0 Å². The maximum atomic E-state index is 5.60. The molecule has 25 heavy (non-hydrogen) atoms. The lowest BCUT2D eigenvalue weighted by Crippen LogP contribution is -2.25. The number of aromatic amines is 1. The molecule has 1 fully saturated rings. The van der Waals surface area contributed by atoms with Gasteiger partial charge in [0.05, 0.1) is 25.9 Å². The van der Waals surface area contributed by atoms with Crippen LogP contribution in [0.3, 0.4) is 0 Å². The van der Waals surface area contributed by atoms with E-state index in [4.69, 9.17) is 14.2 Å². The van der Waals surface area contributed by atoms with Gasteiger partial charge in [0.2, 0.25) is 0 Å². The summed E-state index contributed by atoms with van der Waals surface area (Å²) in [5, 5.41) is 0. The number of hydrogen-bond donors (Lipinski definition) is 1. The molecule has 2 aromatic rings. The molecule has 6 heteroatoms. The van der Waals surface area contributed by atoms with Crippen LogP contribution >= 0.6 is 0 Å². The number of imidazole rings is 1. The molecule has 1 unspecified atom stereocenters. The fourth-order valence-electron chi connectivity index (χ4n) is 3.44. The Bertz CT molecular complexity index is 660. The molecule has 136 valence electrons. The zero-order valence-corrected chi connectivity index (χ0v) is 15.2. The number of methoxy groups -OCH3 is 2. The molecule has 0 radical (unpaired) electrons. The molecule has 1 aromatic carbocycles. The molecule has 1 aliphatic heterocycles. The first kappa shape index (κ1) is 17.9. The van der Waals surface area contributed by atoms with Gasteiger partial charge in [-0.15, -0.1) is 0 Å². The Kier molecular flexibility index (Phi) is 6.07. The van der Waals surface area contributed by atoms with Gasteiger partial charge in [0.1, 0.15) is 11.6 Å². The third-order valence-corrected chi connectivity index (χ3v) is 4.73. The lowest BCUT2D eigenvalue weighted by Gasteiger charge is -2.23. The summed E-state index contributed by atoms with van der Waals surface area (Å²) in [4.78, 5) is 10.1. The monoisotopic (exact) mass is 345 g/mol. The summed E-state index contributed by atoms with van der Waals surface area (Å²) in [6, 6.07) is 6.56. The number of nitrogens with zero attached hydrogens (tertiary/aromatic N) is 2. The zero-order valence-electron chi connectivity index (χ0n) is 15.2. The van der Waals surface area contributed by atoms with Gasteiger partial charge in [0, 0.05) is 44.8 Å². The number of likely N-dealkylation sites (tertiary alicyclic amines) is 1. The molecule has 2 heterocycles. The standard InChI is InChI=1S/C19H27N3O3/c1-4-25-13-15-9-14(5-6-18(15)24-3)11-22-12-16(23-2)10-17(22)19-20-7-8-21-19/h5-9,16-17H,4,10-13H2,1-3H3,(H,20,21)/t16-,17?/m1/s1. The van der Waals surface area contributed by atoms with Gasteiger partial charge < -0.3 is 19.2 Å². The molecule has 2 atom stereocenters. The first-order chi connectivity index (χ1) is 12.2. The summed E-state index contributed by atoms with van der Waals surface area (Å²) in [6.45, 7) is 4.99. The second kappa shape index (κ2) is 8.47. The van der Waals surface area contributed by atoms with E-state index in [1.54, 1.807) is 20.4 Å². The predicted molar refractivity (Wildman–Crippen MR) is 95.5 cm³/mol. The molecule has 1 N–H and O–H groups in total. The highest BCUT2D eigenvalue weighted by molar-refractivity contribution is 5.37. The van der Waals surface area contributed by atoms with E-state index < -0.39 is 0 Å². The van der Waals surface area contributed by atoms with Crippen molar-refractivity contribution in [1.82, 2.24) is 14.9 Å². The summed E-state index contributed by atoms with van der Waals surface area (Å²) >= 11 is 0. The molecule has 0 bridgehead atoms. The minimum absolute atomic E-state index is 0.233. The number of ether oxygens (including phenoxy) is 3. The minimum atomic E-state index is 0.233. The van der Waals surface area contributed by atoms with Crippen molar-refractivity contribution in [3.63, 3.8) is 0 Å². The SMILES string of the molecule is CCOCc1cc(CN2C[C@H](OC)CC2c2ncc[nH]2)ccc1OC. The Morgan fingerprint density at radius 1 is 1.32 bits per heavy atom. The fraction of sp³-hybridized carbons (Fsp3) is 0.526. The normalized spacial score (nSPS) is 20.9. The molecule has 0 spiro atoms. The molecule has 0 saturated carbocycles. The molecule has 1 aliphatic rings. The van der Waals surface area contributed by atoms with Crippen molar-refractivity contribution in [2.24, 2.45) is 0 Å². The van der Waals surface area contributed by atoms with Crippen LogP contribution in [0, 0.1) is 0 Å². The number of hydrogen-bond acceptors (Lipinski definition) is 5. The number of aromatic nitrogens is 2. The van der Waals surface area contributed by atoms with Gasteiger partial charge in [-0.25, -0.2) is 4.98 Å². The topological polar surface area (TPSA) is 59.6 Å². The Hall–Kier alpha value is -1.89. The molecule has 1 saturated heterocycles. The van der Waals surface area contributed by atoms with Crippen molar-refractivity contribution < 1.29 is 14.2 Å². The Morgan fingerprint density at radius 2 is 2.20 bits per heavy atom. The van der Waals surface area contributed by atoms with E-state index in [1.165, 1.54) is 5.56 Å². The maximum Gasteiger partial charge on any atom is 0.124 e. The third-order valence-electron chi connectivity index (χ3n) is 4.73. The van der Waals surface area contributed by atoms with Crippen LogP contribution in [0.1, 0.15) is 36.3 Å². The highest BCUT2D eigenvalue weighted by Gasteiger charge is 2.34. The third kappa shape index (κ3) is 4.21. The Labute approximate surface area is 149 Å². The van der Waals surface area contributed by atoms with Crippen LogP contribution in [0.25, 0.3) is 0 Å². The highest BCUT2D eigenvalue weighted by atomic mass is 16.5. The van der Waals surface area contributed by atoms with Gasteiger partial charge in [-0.05, 0) is 31.0 Å². The van der Waals surface area contributed by atoms with Crippen molar-refractivity contribution >= 4 is 0 Å². The first-order valence-electron chi connectivity index (χ1n) is 8.74. The number of rotatable bonds is 8. The van der Waals surface area contributed by atoms with Crippen LogP contribution in [0.5, 0.6) is 5.75 Å². The molecule has 0 aliphatic carbocycles. The molecule has 3 rings (SSSR count). The lowest BCUT2D eigenvalue weighted by molar-refractivity contribution is 0.107. The van der Waals surface area contributed by atoms with E-state index in [-0.39, 0.29) is 12.1 Å². The second-order valence-electron chi connectivity index (χ2n) is 6.30. The van der Waals surface area contributed by atoms with Crippen molar-refractivity contribution in [1.29, 1.82) is 0 Å². The van der Waals surface area contributed by atoms with Gasteiger partial charge in [-0.2, -0.15) is 0 Å².